The van der Waals surface area contributed by atoms with Gasteiger partial charge in [0.15, 0.2) is 6.23 Å². The average molecular weight is 288 g/mol. The molecule has 19 heavy (non-hydrogen) atoms. The second-order valence-electron chi connectivity index (χ2n) is 4.26. The van der Waals surface area contributed by atoms with Gasteiger partial charge in [-0.3, -0.25) is 4.57 Å². The van der Waals surface area contributed by atoms with Crippen LogP contribution in [0.1, 0.15) is 6.23 Å². The molecule has 0 unspecified atom stereocenters. The summed E-state index contributed by atoms with van der Waals surface area (Å²) in [5, 5.41) is 18.4. The minimum atomic E-state index is -1.40. The molecule has 1 saturated heterocycles. The number of anilines is 1. The molecule has 1 aliphatic rings. The molecule has 1 fully saturated rings. The predicted octanol–water partition coefficient (Wildman–Crippen LogP) is -0.760. The predicted molar refractivity (Wildman–Crippen MR) is 68.7 cm³/mol. The smallest absolute Gasteiger partial charge is 0.351 e. The summed E-state index contributed by atoms with van der Waals surface area (Å²) in [6, 6.07) is 1.41. The summed E-state index contributed by atoms with van der Waals surface area (Å²) in [5.74, 6) is 0.0723. The summed E-state index contributed by atoms with van der Waals surface area (Å²) in [7, 11) is 0. The zero-order valence-electron chi connectivity index (χ0n) is 9.94. The Morgan fingerprint density at radius 2 is 2.42 bits per heavy atom. The van der Waals surface area contributed by atoms with Crippen molar-refractivity contribution in [2.75, 3.05) is 12.3 Å². The SMILES string of the molecule is C=C[C@]1(CO)O[C@@H](n2ccc(N)nc2=O)[C@H](Cl)[C@@H]1O. The normalized spacial score (nSPS) is 34.4. The van der Waals surface area contributed by atoms with Crippen LogP contribution in [0.5, 0.6) is 0 Å². The highest BCUT2D eigenvalue weighted by Gasteiger charge is 2.53. The zero-order valence-corrected chi connectivity index (χ0v) is 10.7. The lowest BCUT2D eigenvalue weighted by Gasteiger charge is -2.25. The van der Waals surface area contributed by atoms with Gasteiger partial charge in [-0.25, -0.2) is 4.79 Å². The molecule has 0 spiro atoms. The highest BCUT2D eigenvalue weighted by atomic mass is 35.5. The minimum absolute atomic E-state index is 0.0723. The number of aliphatic hydroxyl groups is 2. The van der Waals surface area contributed by atoms with Crippen molar-refractivity contribution >= 4 is 17.4 Å². The van der Waals surface area contributed by atoms with Crippen LogP contribution in [0.3, 0.4) is 0 Å². The Morgan fingerprint density at radius 1 is 1.74 bits per heavy atom. The lowest BCUT2D eigenvalue weighted by molar-refractivity contribution is -0.0972. The molecule has 0 aromatic carbocycles. The molecule has 0 aliphatic carbocycles. The van der Waals surface area contributed by atoms with Crippen LogP contribution in [0.2, 0.25) is 0 Å². The van der Waals surface area contributed by atoms with Crippen LogP contribution in [0.25, 0.3) is 0 Å². The molecule has 1 aromatic rings. The van der Waals surface area contributed by atoms with Gasteiger partial charge in [0.05, 0.1) is 6.61 Å². The maximum absolute atomic E-state index is 11.7. The molecule has 4 atom stereocenters. The fraction of sp³-hybridized carbons (Fsp3) is 0.455. The Morgan fingerprint density at radius 3 is 2.89 bits per heavy atom. The standard InChI is InChI=1S/C11H14ClN3O4/c1-2-11(5-16)8(17)7(12)9(19-11)15-4-3-6(13)14-10(15)18/h2-4,7-9,16-17H,1,5H2,(H2,13,14,18)/t7-,8+,9-,11-/m1/s1. The first-order valence-corrected chi connectivity index (χ1v) is 5.98. The van der Waals surface area contributed by atoms with Gasteiger partial charge in [-0.15, -0.1) is 18.2 Å². The van der Waals surface area contributed by atoms with Gasteiger partial charge in [0.1, 0.15) is 22.9 Å². The van der Waals surface area contributed by atoms with Crippen molar-refractivity contribution in [3.8, 4) is 0 Å². The molecule has 2 rings (SSSR count). The third-order valence-electron chi connectivity index (χ3n) is 3.13. The molecule has 1 aliphatic heterocycles. The van der Waals surface area contributed by atoms with E-state index in [-0.39, 0.29) is 5.82 Å². The number of nitrogens with zero attached hydrogens (tertiary/aromatic N) is 2. The highest BCUT2D eigenvalue weighted by Crippen LogP contribution is 2.40. The molecule has 104 valence electrons. The van der Waals surface area contributed by atoms with E-state index >= 15 is 0 Å². The van der Waals surface area contributed by atoms with E-state index in [0.29, 0.717) is 0 Å². The third-order valence-corrected chi connectivity index (χ3v) is 3.59. The van der Waals surface area contributed by atoms with Crippen molar-refractivity contribution in [2.45, 2.75) is 23.3 Å². The van der Waals surface area contributed by atoms with Gasteiger partial charge < -0.3 is 20.7 Å². The van der Waals surface area contributed by atoms with Crippen molar-refractivity contribution in [3.63, 3.8) is 0 Å². The van der Waals surface area contributed by atoms with E-state index in [2.05, 4.69) is 11.6 Å². The Balaban J connectivity index is 2.42. The van der Waals surface area contributed by atoms with Crippen molar-refractivity contribution in [2.24, 2.45) is 0 Å². The second-order valence-corrected chi connectivity index (χ2v) is 4.76. The van der Waals surface area contributed by atoms with Crippen molar-refractivity contribution in [1.29, 1.82) is 0 Å². The second kappa shape index (κ2) is 4.93. The molecule has 7 nitrogen and oxygen atoms in total. The molecule has 1 aromatic heterocycles. The number of halogens is 1. The lowest BCUT2D eigenvalue weighted by Crippen LogP contribution is -2.43. The van der Waals surface area contributed by atoms with Crippen LogP contribution in [0, 0.1) is 0 Å². The quantitative estimate of drug-likeness (QED) is 0.498. The van der Waals surface area contributed by atoms with Gasteiger partial charge in [0, 0.05) is 6.20 Å². The van der Waals surface area contributed by atoms with Gasteiger partial charge >= 0.3 is 5.69 Å². The summed E-state index contributed by atoms with van der Waals surface area (Å²) in [6.45, 7) is 3.00. The first kappa shape index (κ1) is 14.0. The van der Waals surface area contributed by atoms with Gasteiger partial charge in [-0.05, 0) is 6.07 Å². The minimum Gasteiger partial charge on any atom is -0.393 e. The number of aromatic nitrogens is 2. The molecule has 0 amide bonds. The molecular formula is C11H14ClN3O4. The Hall–Kier alpha value is -1.41. The van der Waals surface area contributed by atoms with E-state index in [1.165, 1.54) is 18.3 Å². The van der Waals surface area contributed by atoms with Crippen LogP contribution in [0.15, 0.2) is 29.7 Å². The van der Waals surface area contributed by atoms with Crippen LogP contribution in [-0.2, 0) is 4.74 Å². The summed E-state index contributed by atoms with van der Waals surface area (Å²) in [4.78, 5) is 15.3. The summed E-state index contributed by atoms with van der Waals surface area (Å²) in [6.07, 6.45) is 0.463. The van der Waals surface area contributed by atoms with Gasteiger partial charge in [-0.1, -0.05) is 6.08 Å². The van der Waals surface area contributed by atoms with Crippen molar-refractivity contribution < 1.29 is 14.9 Å². The van der Waals surface area contributed by atoms with E-state index in [1.54, 1.807) is 0 Å². The number of aliphatic hydroxyl groups excluding tert-OH is 2. The molecule has 0 saturated carbocycles. The Bertz CT molecular complexity index is 549. The number of alkyl halides is 1. The molecule has 4 N–H and O–H groups in total. The first-order chi connectivity index (χ1) is 8.95. The average Bonchev–Trinajstić information content (AvgIpc) is 2.64. The molecule has 8 heteroatoms. The van der Waals surface area contributed by atoms with E-state index in [4.69, 9.17) is 22.1 Å². The number of nitrogen functional groups attached to an aromatic ring is 1. The summed E-state index contributed by atoms with van der Waals surface area (Å²) < 4.78 is 6.62. The van der Waals surface area contributed by atoms with E-state index < -0.39 is 35.6 Å². The van der Waals surface area contributed by atoms with Crippen LogP contribution < -0.4 is 11.4 Å². The Labute approximate surface area is 113 Å². The molecule has 0 bridgehead atoms. The van der Waals surface area contributed by atoms with Crippen molar-refractivity contribution in [1.82, 2.24) is 9.55 Å². The van der Waals surface area contributed by atoms with Crippen LogP contribution in [0.4, 0.5) is 5.82 Å². The molecule has 0 radical (unpaired) electrons. The lowest BCUT2D eigenvalue weighted by atomic mass is 9.98. The zero-order chi connectivity index (χ0) is 14.2. The van der Waals surface area contributed by atoms with E-state index in [9.17, 15) is 15.0 Å². The fourth-order valence-corrected chi connectivity index (χ4v) is 2.37. The largest absolute Gasteiger partial charge is 0.393 e. The first-order valence-electron chi connectivity index (χ1n) is 5.54. The summed E-state index contributed by atoms with van der Waals surface area (Å²) >= 11 is 6.06. The number of nitrogens with two attached hydrogens (primary N) is 1. The number of hydrogen-bond acceptors (Lipinski definition) is 6. The van der Waals surface area contributed by atoms with Crippen LogP contribution >= 0.6 is 11.6 Å². The van der Waals surface area contributed by atoms with Gasteiger partial charge in [0.25, 0.3) is 0 Å². The number of ether oxygens (including phenoxy) is 1. The molecule has 2 heterocycles. The number of hydrogen-bond donors (Lipinski definition) is 3. The maximum atomic E-state index is 11.7. The Kier molecular flexibility index (Phi) is 3.64. The molecular weight excluding hydrogens is 274 g/mol. The fourth-order valence-electron chi connectivity index (χ4n) is 1.98. The van der Waals surface area contributed by atoms with E-state index in [1.807, 2.05) is 0 Å². The highest BCUT2D eigenvalue weighted by molar-refractivity contribution is 6.21. The topological polar surface area (TPSA) is 111 Å². The van der Waals surface area contributed by atoms with Gasteiger partial charge in [0.2, 0.25) is 0 Å². The maximum Gasteiger partial charge on any atom is 0.351 e. The number of rotatable bonds is 3. The monoisotopic (exact) mass is 287 g/mol. The van der Waals surface area contributed by atoms with E-state index in [0.717, 1.165) is 4.57 Å². The van der Waals surface area contributed by atoms with Crippen molar-refractivity contribution in [3.05, 3.63) is 35.4 Å². The summed E-state index contributed by atoms with van der Waals surface area (Å²) in [5.41, 5.74) is 3.33. The van der Waals surface area contributed by atoms with Gasteiger partial charge in [-0.2, -0.15) is 4.98 Å². The third kappa shape index (κ3) is 2.14. The van der Waals surface area contributed by atoms with Crippen LogP contribution in [-0.4, -0.2) is 43.5 Å².